The van der Waals surface area contributed by atoms with Crippen LogP contribution in [0, 0.1) is 0 Å². The Kier molecular flexibility index (Phi) is 5.39. The first-order valence-electron chi connectivity index (χ1n) is 6.11. The smallest absolute Gasteiger partial charge is 0.253 e. The predicted molar refractivity (Wildman–Crippen MR) is 87.9 cm³/mol. The first-order chi connectivity index (χ1) is 10.0. The number of ether oxygens (including phenoxy) is 1. The summed E-state index contributed by atoms with van der Waals surface area (Å²) >= 11 is 16.3. The Bertz CT molecular complexity index is 677. The molecular weight excluding hydrogens is 329 g/mol. The average Bonchev–Trinajstić information content (AvgIpc) is 2.47. The van der Waals surface area contributed by atoms with Crippen LogP contribution in [0.3, 0.4) is 0 Å². The largest absolute Gasteiger partial charge is 0.496 e. The lowest BCUT2D eigenvalue weighted by molar-refractivity contribution is 0.0950. The summed E-state index contributed by atoms with van der Waals surface area (Å²) in [6.07, 6.45) is 0. The number of rotatable bonds is 4. The average molecular weight is 342 g/mol. The molecular formula is C15H13Cl2NO2S. The van der Waals surface area contributed by atoms with Gasteiger partial charge in [0.25, 0.3) is 5.91 Å². The highest BCUT2D eigenvalue weighted by Gasteiger charge is 2.13. The summed E-state index contributed by atoms with van der Waals surface area (Å²) in [5.74, 6) is 0.328. The summed E-state index contributed by atoms with van der Waals surface area (Å²) in [7, 11) is 1.55. The van der Waals surface area contributed by atoms with Crippen molar-refractivity contribution in [3.63, 3.8) is 0 Å². The molecule has 0 saturated heterocycles. The molecule has 0 spiro atoms. The molecule has 0 atom stereocenters. The number of thiol groups is 1. The van der Waals surface area contributed by atoms with Gasteiger partial charge in [-0.2, -0.15) is 0 Å². The Morgan fingerprint density at radius 1 is 1.24 bits per heavy atom. The summed E-state index contributed by atoms with van der Waals surface area (Å²) in [6.45, 7) is 0.245. The number of hydrogen-bond donors (Lipinski definition) is 2. The fourth-order valence-corrected chi connectivity index (χ4v) is 2.49. The SMILES string of the molecule is COc1cccc(Cl)c1CNC(=O)c1cc(S)ccc1Cl. The van der Waals surface area contributed by atoms with Crippen LogP contribution >= 0.6 is 35.8 Å². The van der Waals surface area contributed by atoms with Crippen LogP contribution in [0.1, 0.15) is 15.9 Å². The van der Waals surface area contributed by atoms with E-state index in [9.17, 15) is 4.79 Å². The molecule has 0 bridgehead atoms. The molecule has 2 aromatic carbocycles. The van der Waals surface area contributed by atoms with Crippen molar-refractivity contribution in [3.8, 4) is 5.75 Å². The highest BCUT2D eigenvalue weighted by Crippen LogP contribution is 2.26. The molecule has 2 aromatic rings. The van der Waals surface area contributed by atoms with Crippen LogP contribution in [0.15, 0.2) is 41.3 Å². The normalized spacial score (nSPS) is 10.3. The minimum absolute atomic E-state index is 0.245. The second-order valence-corrected chi connectivity index (χ2v) is 5.60. The summed E-state index contributed by atoms with van der Waals surface area (Å²) in [4.78, 5) is 12.9. The Labute approximate surface area is 138 Å². The van der Waals surface area contributed by atoms with Crippen LogP contribution in [0.25, 0.3) is 0 Å². The van der Waals surface area contributed by atoms with E-state index in [1.54, 1.807) is 43.5 Å². The molecule has 21 heavy (non-hydrogen) atoms. The molecule has 0 aliphatic carbocycles. The van der Waals surface area contributed by atoms with Crippen molar-refractivity contribution in [3.05, 3.63) is 57.6 Å². The zero-order valence-corrected chi connectivity index (χ0v) is 13.6. The van der Waals surface area contributed by atoms with E-state index < -0.39 is 0 Å². The second kappa shape index (κ2) is 7.07. The van der Waals surface area contributed by atoms with E-state index in [4.69, 9.17) is 27.9 Å². The summed E-state index contributed by atoms with van der Waals surface area (Å²) < 4.78 is 5.23. The van der Waals surface area contributed by atoms with Crippen molar-refractivity contribution < 1.29 is 9.53 Å². The number of halogens is 2. The molecule has 0 radical (unpaired) electrons. The van der Waals surface area contributed by atoms with E-state index in [0.717, 1.165) is 0 Å². The number of amides is 1. The van der Waals surface area contributed by atoms with Crippen LogP contribution in [-0.4, -0.2) is 13.0 Å². The van der Waals surface area contributed by atoms with Crippen molar-refractivity contribution in [1.29, 1.82) is 0 Å². The summed E-state index contributed by atoms with van der Waals surface area (Å²) in [5, 5.41) is 3.68. The van der Waals surface area contributed by atoms with Gasteiger partial charge in [-0.3, -0.25) is 4.79 Å². The van der Waals surface area contributed by atoms with Crippen molar-refractivity contribution in [2.24, 2.45) is 0 Å². The molecule has 1 amide bonds. The first kappa shape index (κ1) is 16.0. The van der Waals surface area contributed by atoms with E-state index in [0.29, 0.717) is 31.8 Å². The van der Waals surface area contributed by atoms with Crippen LogP contribution in [0.4, 0.5) is 0 Å². The lowest BCUT2D eigenvalue weighted by atomic mass is 10.1. The maximum Gasteiger partial charge on any atom is 0.253 e. The van der Waals surface area contributed by atoms with Crippen LogP contribution in [-0.2, 0) is 6.54 Å². The maximum absolute atomic E-state index is 12.2. The Morgan fingerprint density at radius 2 is 2.00 bits per heavy atom. The zero-order chi connectivity index (χ0) is 15.4. The van der Waals surface area contributed by atoms with E-state index in [1.807, 2.05) is 0 Å². The molecule has 1 N–H and O–H groups in total. The highest BCUT2D eigenvalue weighted by atomic mass is 35.5. The maximum atomic E-state index is 12.2. The third-order valence-electron chi connectivity index (χ3n) is 2.92. The molecule has 0 aliphatic rings. The fourth-order valence-electron chi connectivity index (χ4n) is 1.85. The van der Waals surface area contributed by atoms with Gasteiger partial charge in [0.2, 0.25) is 0 Å². The van der Waals surface area contributed by atoms with Gasteiger partial charge in [-0.1, -0.05) is 29.3 Å². The minimum Gasteiger partial charge on any atom is -0.496 e. The van der Waals surface area contributed by atoms with Crippen LogP contribution < -0.4 is 10.1 Å². The Balaban J connectivity index is 2.17. The summed E-state index contributed by atoms with van der Waals surface area (Å²) in [6, 6.07) is 10.3. The first-order valence-corrected chi connectivity index (χ1v) is 7.31. The van der Waals surface area contributed by atoms with E-state index in [-0.39, 0.29) is 12.5 Å². The molecule has 3 nitrogen and oxygen atoms in total. The molecule has 110 valence electrons. The molecule has 6 heteroatoms. The van der Waals surface area contributed by atoms with Gasteiger partial charge < -0.3 is 10.1 Å². The number of methoxy groups -OCH3 is 1. The quantitative estimate of drug-likeness (QED) is 0.817. The van der Waals surface area contributed by atoms with Crippen molar-refractivity contribution in [2.45, 2.75) is 11.4 Å². The number of carbonyl (C=O) groups excluding carboxylic acids is 1. The van der Waals surface area contributed by atoms with Crippen molar-refractivity contribution in [2.75, 3.05) is 7.11 Å². The molecule has 0 aliphatic heterocycles. The van der Waals surface area contributed by atoms with Gasteiger partial charge >= 0.3 is 0 Å². The minimum atomic E-state index is -0.294. The predicted octanol–water partition coefficient (Wildman–Crippen LogP) is 4.22. The van der Waals surface area contributed by atoms with Gasteiger partial charge in [0.15, 0.2) is 0 Å². The van der Waals surface area contributed by atoms with Gasteiger partial charge in [0.1, 0.15) is 5.75 Å². The van der Waals surface area contributed by atoms with E-state index >= 15 is 0 Å². The monoisotopic (exact) mass is 341 g/mol. The molecule has 0 aromatic heterocycles. The van der Waals surface area contributed by atoms with Gasteiger partial charge in [0.05, 0.1) is 17.7 Å². The van der Waals surface area contributed by atoms with Gasteiger partial charge in [-0.25, -0.2) is 0 Å². The molecule has 2 rings (SSSR count). The third-order valence-corrected chi connectivity index (χ3v) is 3.88. The van der Waals surface area contributed by atoms with Gasteiger partial charge in [-0.05, 0) is 30.3 Å². The molecule has 0 saturated carbocycles. The highest BCUT2D eigenvalue weighted by molar-refractivity contribution is 7.80. The molecule has 0 heterocycles. The number of nitrogens with one attached hydrogen (secondary N) is 1. The number of benzene rings is 2. The Hall–Kier alpha value is -1.36. The molecule has 0 unspecified atom stereocenters. The van der Waals surface area contributed by atoms with E-state index in [2.05, 4.69) is 17.9 Å². The van der Waals surface area contributed by atoms with E-state index in [1.165, 1.54) is 0 Å². The van der Waals surface area contributed by atoms with Crippen molar-refractivity contribution in [1.82, 2.24) is 5.32 Å². The standard InChI is InChI=1S/C15H13Cl2NO2S/c1-20-14-4-2-3-12(16)11(14)8-18-15(19)10-7-9(21)5-6-13(10)17/h2-7,21H,8H2,1H3,(H,18,19). The fraction of sp³-hybridized carbons (Fsp3) is 0.133. The van der Waals surface area contributed by atoms with Crippen molar-refractivity contribution >= 4 is 41.7 Å². The number of carbonyl (C=O) groups is 1. The zero-order valence-electron chi connectivity index (χ0n) is 11.2. The second-order valence-electron chi connectivity index (χ2n) is 4.27. The number of hydrogen-bond acceptors (Lipinski definition) is 3. The third kappa shape index (κ3) is 3.84. The van der Waals surface area contributed by atoms with Crippen LogP contribution in [0.5, 0.6) is 5.75 Å². The summed E-state index contributed by atoms with van der Waals surface area (Å²) in [5.41, 5.74) is 1.09. The van der Waals surface area contributed by atoms with Crippen LogP contribution in [0.2, 0.25) is 10.0 Å². The topological polar surface area (TPSA) is 38.3 Å². The lowest BCUT2D eigenvalue weighted by Crippen LogP contribution is -2.23. The molecule has 0 fully saturated rings. The van der Waals surface area contributed by atoms with Gasteiger partial charge in [-0.15, -0.1) is 12.6 Å². The lowest BCUT2D eigenvalue weighted by Gasteiger charge is -2.12. The van der Waals surface area contributed by atoms with Gasteiger partial charge in [0, 0.05) is 22.0 Å². The Morgan fingerprint density at radius 3 is 2.71 bits per heavy atom.